The number of cyclic esters (lactones) is 1. The summed E-state index contributed by atoms with van der Waals surface area (Å²) in [5.41, 5.74) is 3.46. The number of benzene rings is 2. The van der Waals surface area contributed by atoms with Crippen LogP contribution in [-0.4, -0.2) is 37.7 Å². The van der Waals surface area contributed by atoms with Gasteiger partial charge in [0.05, 0.1) is 24.5 Å². The molecule has 7 heteroatoms. The second-order valence-electron chi connectivity index (χ2n) is 7.14. The van der Waals surface area contributed by atoms with Gasteiger partial charge in [0.15, 0.2) is 0 Å². The molecule has 1 saturated heterocycles. The van der Waals surface area contributed by atoms with Gasteiger partial charge in [0.2, 0.25) is 5.91 Å². The SMILES string of the molecule is C=CC(=O)NC[C@H]1CN(c2ccc(N3CCc4ccccc4C3)c(F)c2)C(=O)O1. The van der Waals surface area contributed by atoms with Crippen molar-refractivity contribution >= 4 is 23.4 Å². The third-order valence-corrected chi connectivity index (χ3v) is 5.28. The van der Waals surface area contributed by atoms with Crippen LogP contribution >= 0.6 is 0 Å². The molecule has 2 aliphatic rings. The summed E-state index contributed by atoms with van der Waals surface area (Å²) in [6.07, 6.45) is 0.977. The predicted molar refractivity (Wildman–Crippen MR) is 108 cm³/mol. The normalized spacial score (nSPS) is 18.2. The van der Waals surface area contributed by atoms with E-state index in [1.165, 1.54) is 22.1 Å². The highest BCUT2D eigenvalue weighted by atomic mass is 19.1. The number of carbonyl (C=O) groups is 2. The first kappa shape index (κ1) is 19.0. The summed E-state index contributed by atoms with van der Waals surface area (Å²) >= 11 is 0. The zero-order valence-corrected chi connectivity index (χ0v) is 15.9. The fourth-order valence-electron chi connectivity index (χ4n) is 3.75. The molecule has 0 unspecified atom stereocenters. The van der Waals surface area contributed by atoms with Gasteiger partial charge in [0, 0.05) is 13.1 Å². The highest BCUT2D eigenvalue weighted by Crippen LogP contribution is 2.30. The Kier molecular flexibility index (Phi) is 5.20. The molecule has 0 bridgehead atoms. The van der Waals surface area contributed by atoms with Crippen LogP contribution in [0.1, 0.15) is 11.1 Å². The average molecular weight is 395 g/mol. The van der Waals surface area contributed by atoms with E-state index in [-0.39, 0.29) is 24.8 Å². The van der Waals surface area contributed by atoms with Crippen molar-refractivity contribution in [1.82, 2.24) is 5.32 Å². The number of nitrogens with zero attached hydrogens (tertiary/aromatic N) is 2. The Balaban J connectivity index is 1.46. The second kappa shape index (κ2) is 7.95. The molecule has 0 radical (unpaired) electrons. The lowest BCUT2D eigenvalue weighted by Gasteiger charge is -2.31. The number of rotatable bonds is 5. The van der Waals surface area contributed by atoms with E-state index in [1.807, 2.05) is 17.0 Å². The van der Waals surface area contributed by atoms with Gasteiger partial charge in [-0.3, -0.25) is 9.69 Å². The molecule has 150 valence electrons. The molecule has 2 aromatic rings. The van der Waals surface area contributed by atoms with Crippen LogP contribution in [0.3, 0.4) is 0 Å². The summed E-state index contributed by atoms with van der Waals surface area (Å²) in [7, 11) is 0. The fraction of sp³-hybridized carbons (Fsp3) is 0.273. The van der Waals surface area contributed by atoms with Gasteiger partial charge in [0.1, 0.15) is 11.9 Å². The molecule has 0 saturated carbocycles. The van der Waals surface area contributed by atoms with Crippen molar-refractivity contribution < 1.29 is 18.7 Å². The van der Waals surface area contributed by atoms with E-state index in [4.69, 9.17) is 4.74 Å². The van der Waals surface area contributed by atoms with Crippen LogP contribution in [-0.2, 0) is 22.5 Å². The van der Waals surface area contributed by atoms with Crippen molar-refractivity contribution in [2.75, 3.05) is 29.4 Å². The number of carbonyl (C=O) groups excluding carboxylic acids is 2. The second-order valence-corrected chi connectivity index (χ2v) is 7.14. The van der Waals surface area contributed by atoms with Gasteiger partial charge in [-0.25, -0.2) is 9.18 Å². The molecule has 29 heavy (non-hydrogen) atoms. The van der Waals surface area contributed by atoms with Crippen molar-refractivity contribution in [1.29, 1.82) is 0 Å². The highest BCUT2D eigenvalue weighted by Gasteiger charge is 2.33. The predicted octanol–water partition coefficient (Wildman–Crippen LogP) is 3.02. The van der Waals surface area contributed by atoms with Crippen LogP contribution in [0.15, 0.2) is 55.1 Å². The van der Waals surface area contributed by atoms with Crippen LogP contribution in [0.25, 0.3) is 0 Å². The van der Waals surface area contributed by atoms with E-state index >= 15 is 0 Å². The van der Waals surface area contributed by atoms with Gasteiger partial charge in [-0.2, -0.15) is 0 Å². The van der Waals surface area contributed by atoms with Gasteiger partial charge in [-0.05, 0) is 41.8 Å². The van der Waals surface area contributed by atoms with Gasteiger partial charge in [-0.15, -0.1) is 0 Å². The molecule has 1 atom stereocenters. The first-order valence-electron chi connectivity index (χ1n) is 9.55. The molecule has 2 aromatic carbocycles. The molecule has 2 aliphatic heterocycles. The first-order chi connectivity index (χ1) is 14.0. The van der Waals surface area contributed by atoms with Crippen molar-refractivity contribution in [3.8, 4) is 0 Å². The Morgan fingerprint density at radius 2 is 2.07 bits per heavy atom. The van der Waals surface area contributed by atoms with Gasteiger partial charge in [0.25, 0.3) is 0 Å². The molecule has 2 amide bonds. The third kappa shape index (κ3) is 3.94. The Morgan fingerprint density at radius 3 is 2.83 bits per heavy atom. The van der Waals surface area contributed by atoms with Crippen molar-refractivity contribution in [3.63, 3.8) is 0 Å². The molecule has 2 heterocycles. The Hall–Kier alpha value is -3.35. The minimum Gasteiger partial charge on any atom is -0.442 e. The monoisotopic (exact) mass is 395 g/mol. The van der Waals surface area contributed by atoms with Gasteiger partial charge in [-0.1, -0.05) is 30.8 Å². The molecular weight excluding hydrogens is 373 g/mol. The topological polar surface area (TPSA) is 61.9 Å². The average Bonchev–Trinajstić information content (AvgIpc) is 3.12. The Bertz CT molecular complexity index is 962. The first-order valence-corrected chi connectivity index (χ1v) is 9.55. The maximum absolute atomic E-state index is 14.9. The summed E-state index contributed by atoms with van der Waals surface area (Å²) in [6, 6.07) is 13.0. The summed E-state index contributed by atoms with van der Waals surface area (Å²) in [4.78, 5) is 26.8. The minimum atomic E-state index is -0.554. The summed E-state index contributed by atoms with van der Waals surface area (Å²) in [6.45, 7) is 5.20. The smallest absolute Gasteiger partial charge is 0.414 e. The van der Waals surface area contributed by atoms with Gasteiger partial charge >= 0.3 is 6.09 Å². The lowest BCUT2D eigenvalue weighted by molar-refractivity contribution is -0.116. The lowest BCUT2D eigenvalue weighted by atomic mass is 9.99. The quantitative estimate of drug-likeness (QED) is 0.791. The molecule has 4 rings (SSSR count). The summed E-state index contributed by atoms with van der Waals surface area (Å²) < 4.78 is 20.2. The fourth-order valence-corrected chi connectivity index (χ4v) is 3.75. The number of nitrogens with one attached hydrogen (secondary N) is 1. The lowest BCUT2D eigenvalue weighted by Crippen LogP contribution is -2.33. The van der Waals surface area contributed by atoms with E-state index in [0.717, 1.165) is 19.0 Å². The van der Waals surface area contributed by atoms with Crippen molar-refractivity contribution in [3.05, 3.63) is 72.1 Å². The van der Waals surface area contributed by atoms with Gasteiger partial charge < -0.3 is 15.0 Å². The molecule has 0 aliphatic carbocycles. The standard InChI is InChI=1S/C22H22FN3O3/c1-2-21(27)24-12-18-14-26(22(28)29-18)17-7-8-20(19(23)11-17)25-10-9-15-5-3-4-6-16(15)13-25/h2-8,11,18H,1,9-10,12-14H2,(H,24,27)/t18-/m0/s1. The zero-order valence-electron chi connectivity index (χ0n) is 15.9. The van der Waals surface area contributed by atoms with Crippen molar-refractivity contribution in [2.24, 2.45) is 0 Å². The number of halogens is 1. The van der Waals surface area contributed by atoms with E-state index in [9.17, 15) is 14.0 Å². The molecular formula is C22H22FN3O3. The van der Waals surface area contributed by atoms with E-state index < -0.39 is 12.2 Å². The number of anilines is 2. The number of ether oxygens (including phenoxy) is 1. The number of fused-ring (bicyclic) bond motifs is 1. The Morgan fingerprint density at radius 1 is 1.28 bits per heavy atom. The zero-order chi connectivity index (χ0) is 20.4. The Labute approximate surface area is 168 Å². The van der Waals surface area contributed by atoms with Crippen LogP contribution in [0, 0.1) is 5.82 Å². The molecule has 6 nitrogen and oxygen atoms in total. The van der Waals surface area contributed by atoms with E-state index in [2.05, 4.69) is 24.0 Å². The third-order valence-electron chi connectivity index (χ3n) is 5.28. The molecule has 1 N–H and O–H groups in total. The number of hydrogen-bond donors (Lipinski definition) is 1. The molecule has 0 aromatic heterocycles. The van der Waals surface area contributed by atoms with Crippen LogP contribution < -0.4 is 15.1 Å². The maximum Gasteiger partial charge on any atom is 0.414 e. The van der Waals surface area contributed by atoms with Crippen molar-refractivity contribution in [2.45, 2.75) is 19.1 Å². The van der Waals surface area contributed by atoms with Crippen LogP contribution in [0.4, 0.5) is 20.6 Å². The largest absolute Gasteiger partial charge is 0.442 e. The van der Waals surface area contributed by atoms with E-state index in [1.54, 1.807) is 12.1 Å². The maximum atomic E-state index is 14.9. The van der Waals surface area contributed by atoms with E-state index in [0.29, 0.717) is 17.9 Å². The highest BCUT2D eigenvalue weighted by molar-refractivity contribution is 5.90. The molecule has 1 fully saturated rings. The number of amides is 2. The van der Waals surface area contributed by atoms with Crippen LogP contribution in [0.2, 0.25) is 0 Å². The number of hydrogen-bond acceptors (Lipinski definition) is 4. The molecule has 0 spiro atoms. The summed E-state index contributed by atoms with van der Waals surface area (Å²) in [5.74, 6) is -0.712. The van der Waals surface area contributed by atoms with Crippen LogP contribution in [0.5, 0.6) is 0 Å². The minimum absolute atomic E-state index is 0.181. The summed E-state index contributed by atoms with van der Waals surface area (Å²) in [5, 5.41) is 2.60.